The van der Waals surface area contributed by atoms with Crippen LogP contribution >= 0.6 is 0 Å². The second-order valence-electron chi connectivity index (χ2n) is 4.89. The summed E-state index contributed by atoms with van der Waals surface area (Å²) in [5.41, 5.74) is 0.941. The van der Waals surface area contributed by atoms with Crippen LogP contribution in [0.2, 0.25) is 0 Å². The Hall–Kier alpha value is -1.38. The van der Waals surface area contributed by atoms with Gasteiger partial charge in [-0.25, -0.2) is 0 Å². The van der Waals surface area contributed by atoms with Gasteiger partial charge in [0.25, 0.3) is 0 Å². The van der Waals surface area contributed by atoms with E-state index in [1.807, 2.05) is 10.9 Å². The fraction of sp³-hybridized carbons (Fsp3) is 0.714. The van der Waals surface area contributed by atoms with Crippen LogP contribution in [0.25, 0.3) is 0 Å². The second kappa shape index (κ2) is 7.93. The van der Waals surface area contributed by atoms with E-state index >= 15 is 0 Å². The molecule has 1 atom stereocenters. The summed E-state index contributed by atoms with van der Waals surface area (Å²) in [5, 5.41) is 16.8. The van der Waals surface area contributed by atoms with Crippen molar-refractivity contribution in [2.75, 3.05) is 26.2 Å². The van der Waals surface area contributed by atoms with Gasteiger partial charge in [-0.05, 0) is 26.9 Å². The number of nitrogens with one attached hydrogen (secondary N) is 1. The maximum Gasteiger partial charge on any atom is 0.124 e. The fourth-order valence-electron chi connectivity index (χ4n) is 1.93. The monoisotopic (exact) mass is 263 g/mol. The van der Waals surface area contributed by atoms with Crippen LogP contribution in [0.15, 0.2) is 12.4 Å². The third-order valence-corrected chi connectivity index (χ3v) is 3.28. The van der Waals surface area contributed by atoms with Gasteiger partial charge < -0.3 is 4.90 Å². The fourth-order valence-corrected chi connectivity index (χ4v) is 1.93. The minimum Gasteiger partial charge on any atom is -0.303 e. The molecular weight excluding hydrogens is 238 g/mol. The smallest absolute Gasteiger partial charge is 0.124 e. The highest BCUT2D eigenvalue weighted by Crippen LogP contribution is 2.13. The maximum absolute atomic E-state index is 9.24. The van der Waals surface area contributed by atoms with Gasteiger partial charge in [0, 0.05) is 30.9 Å². The molecule has 0 aliphatic heterocycles. The highest BCUT2D eigenvalue weighted by atomic mass is 15.3. The van der Waals surface area contributed by atoms with Crippen LogP contribution in [0.4, 0.5) is 0 Å². The number of hydrogen-bond donors (Lipinski definition) is 1. The average Bonchev–Trinajstić information content (AvgIpc) is 2.89. The van der Waals surface area contributed by atoms with Crippen LogP contribution < -0.4 is 5.32 Å². The van der Waals surface area contributed by atoms with Crippen LogP contribution in [0.1, 0.15) is 45.3 Å². The number of aromatic nitrogens is 2. The molecule has 5 nitrogen and oxygen atoms in total. The highest BCUT2D eigenvalue weighted by molar-refractivity contribution is 5.17. The molecule has 0 aromatic carbocycles. The van der Waals surface area contributed by atoms with Crippen molar-refractivity contribution in [2.24, 2.45) is 0 Å². The molecular formula is C14H25N5. The molecule has 1 heterocycles. The third-order valence-electron chi connectivity index (χ3n) is 3.28. The molecule has 0 aliphatic rings. The van der Waals surface area contributed by atoms with Gasteiger partial charge in [0.05, 0.1) is 12.3 Å². The van der Waals surface area contributed by atoms with Crippen molar-refractivity contribution in [3.63, 3.8) is 0 Å². The van der Waals surface area contributed by atoms with Crippen LogP contribution in [0.3, 0.4) is 0 Å². The molecule has 0 amide bonds. The summed E-state index contributed by atoms with van der Waals surface area (Å²) in [6.45, 7) is 12.3. The van der Waals surface area contributed by atoms with Crippen LogP contribution in [-0.2, 0) is 0 Å². The van der Waals surface area contributed by atoms with E-state index in [0.29, 0.717) is 6.04 Å². The number of nitriles is 1. The minimum absolute atomic E-state index is 0.275. The summed E-state index contributed by atoms with van der Waals surface area (Å²) in [6.07, 6.45) is 3.72. The third kappa shape index (κ3) is 4.66. The van der Waals surface area contributed by atoms with Crippen LogP contribution in [0.5, 0.6) is 0 Å². The van der Waals surface area contributed by atoms with Crippen molar-refractivity contribution in [3.8, 4) is 6.07 Å². The molecule has 0 aliphatic carbocycles. The molecule has 0 saturated heterocycles. The summed E-state index contributed by atoms with van der Waals surface area (Å²) in [4.78, 5) is 2.33. The zero-order chi connectivity index (χ0) is 14.3. The van der Waals surface area contributed by atoms with Gasteiger partial charge in [0.1, 0.15) is 6.04 Å². The Morgan fingerprint density at radius 1 is 1.42 bits per heavy atom. The van der Waals surface area contributed by atoms with E-state index in [-0.39, 0.29) is 6.04 Å². The first-order valence-corrected chi connectivity index (χ1v) is 7.01. The standard InChI is InChI=1S/C14H25N5/c1-5-18(6-2)8-7-16-14(9-15)13-10-17-19(11-13)12(3)4/h10-12,14,16H,5-8H2,1-4H3. The van der Waals surface area contributed by atoms with Crippen molar-refractivity contribution in [3.05, 3.63) is 18.0 Å². The van der Waals surface area contributed by atoms with E-state index in [1.165, 1.54) is 0 Å². The Kier molecular flexibility index (Phi) is 6.54. The van der Waals surface area contributed by atoms with E-state index in [0.717, 1.165) is 31.7 Å². The Morgan fingerprint density at radius 3 is 2.58 bits per heavy atom. The van der Waals surface area contributed by atoms with Gasteiger partial charge in [-0.3, -0.25) is 10.00 Å². The second-order valence-corrected chi connectivity index (χ2v) is 4.89. The van der Waals surface area contributed by atoms with E-state index in [1.54, 1.807) is 6.20 Å². The van der Waals surface area contributed by atoms with E-state index in [4.69, 9.17) is 0 Å². The lowest BCUT2D eigenvalue weighted by Gasteiger charge is -2.19. The van der Waals surface area contributed by atoms with Gasteiger partial charge in [-0.15, -0.1) is 0 Å². The van der Waals surface area contributed by atoms with E-state index in [2.05, 4.69) is 49.1 Å². The number of likely N-dealkylation sites (N-methyl/N-ethyl adjacent to an activating group) is 1. The molecule has 0 fully saturated rings. The molecule has 1 aromatic rings. The van der Waals surface area contributed by atoms with Gasteiger partial charge >= 0.3 is 0 Å². The number of rotatable bonds is 8. The van der Waals surface area contributed by atoms with Crippen molar-refractivity contribution in [2.45, 2.75) is 39.8 Å². The average molecular weight is 263 g/mol. The summed E-state index contributed by atoms with van der Waals surface area (Å²) < 4.78 is 1.88. The van der Waals surface area contributed by atoms with Crippen molar-refractivity contribution < 1.29 is 0 Å². The zero-order valence-electron chi connectivity index (χ0n) is 12.4. The highest BCUT2D eigenvalue weighted by Gasteiger charge is 2.13. The first-order valence-electron chi connectivity index (χ1n) is 7.01. The Labute approximate surface area is 116 Å². The molecule has 19 heavy (non-hydrogen) atoms. The Balaban J connectivity index is 2.51. The molecule has 1 aromatic heterocycles. The first-order chi connectivity index (χ1) is 9.12. The molecule has 1 rings (SSSR count). The lowest BCUT2D eigenvalue weighted by atomic mass is 10.2. The molecule has 0 spiro atoms. The molecule has 0 bridgehead atoms. The van der Waals surface area contributed by atoms with Crippen LogP contribution in [0, 0.1) is 11.3 Å². The van der Waals surface area contributed by atoms with Crippen molar-refractivity contribution >= 4 is 0 Å². The summed E-state index contributed by atoms with van der Waals surface area (Å²) in [5.74, 6) is 0. The van der Waals surface area contributed by atoms with Crippen LogP contribution in [-0.4, -0.2) is 40.9 Å². The summed E-state index contributed by atoms with van der Waals surface area (Å²) >= 11 is 0. The zero-order valence-corrected chi connectivity index (χ0v) is 12.4. The number of hydrogen-bond acceptors (Lipinski definition) is 4. The Bertz CT molecular complexity index is 400. The lowest BCUT2D eigenvalue weighted by molar-refractivity contribution is 0.300. The largest absolute Gasteiger partial charge is 0.303 e. The molecule has 0 saturated carbocycles. The molecule has 1 unspecified atom stereocenters. The normalized spacial score (nSPS) is 12.9. The summed E-state index contributed by atoms with van der Waals surface area (Å²) in [6, 6.07) is 2.35. The van der Waals surface area contributed by atoms with Gasteiger partial charge in [-0.1, -0.05) is 13.8 Å². The lowest BCUT2D eigenvalue weighted by Crippen LogP contribution is -2.33. The molecule has 5 heteroatoms. The minimum atomic E-state index is -0.275. The first kappa shape index (κ1) is 15.7. The predicted molar refractivity (Wildman–Crippen MR) is 76.8 cm³/mol. The molecule has 1 N–H and O–H groups in total. The van der Waals surface area contributed by atoms with E-state index in [9.17, 15) is 5.26 Å². The summed E-state index contributed by atoms with van der Waals surface area (Å²) in [7, 11) is 0. The SMILES string of the molecule is CCN(CC)CCNC(C#N)c1cnn(C(C)C)c1. The van der Waals surface area contributed by atoms with Crippen molar-refractivity contribution in [1.82, 2.24) is 20.0 Å². The van der Waals surface area contributed by atoms with Crippen molar-refractivity contribution in [1.29, 1.82) is 5.26 Å². The quantitative estimate of drug-likeness (QED) is 0.779. The van der Waals surface area contributed by atoms with Gasteiger partial charge in [0.2, 0.25) is 0 Å². The predicted octanol–water partition coefficient (Wildman–Crippen LogP) is 1.96. The Morgan fingerprint density at radius 2 is 2.11 bits per heavy atom. The van der Waals surface area contributed by atoms with E-state index < -0.39 is 0 Å². The number of nitrogens with zero attached hydrogens (tertiary/aromatic N) is 4. The maximum atomic E-state index is 9.24. The molecule has 0 radical (unpaired) electrons. The van der Waals surface area contributed by atoms with Gasteiger partial charge in [-0.2, -0.15) is 10.4 Å². The van der Waals surface area contributed by atoms with Gasteiger partial charge in [0.15, 0.2) is 0 Å². The molecule has 106 valence electrons. The topological polar surface area (TPSA) is 56.9 Å².